The third-order valence-corrected chi connectivity index (χ3v) is 8.70. The van der Waals surface area contributed by atoms with Crippen molar-refractivity contribution in [3.63, 3.8) is 0 Å². The van der Waals surface area contributed by atoms with Gasteiger partial charge in [0.05, 0.1) is 13.0 Å². The van der Waals surface area contributed by atoms with E-state index in [0.29, 0.717) is 13.0 Å². The van der Waals surface area contributed by atoms with Gasteiger partial charge in [-0.1, -0.05) is 47.0 Å². The maximum atomic E-state index is 12.2. The smallest absolute Gasteiger partial charge is 0.331 e. The van der Waals surface area contributed by atoms with E-state index in [2.05, 4.69) is 20.8 Å². The van der Waals surface area contributed by atoms with Crippen LogP contribution in [0.4, 0.5) is 0 Å². The zero-order valence-electron chi connectivity index (χ0n) is 16.7. The average Bonchev–Trinajstić information content (AvgIpc) is 2.58. The molecule has 0 unspecified atom stereocenters. The van der Waals surface area contributed by atoms with E-state index in [0.717, 1.165) is 49.5 Å². The summed E-state index contributed by atoms with van der Waals surface area (Å²) in [6.45, 7) is 8.47. The molecule has 0 aromatic heterocycles. The first-order chi connectivity index (χ1) is 12.4. The summed E-state index contributed by atoms with van der Waals surface area (Å²) >= 11 is 0. The van der Waals surface area contributed by atoms with Crippen molar-refractivity contribution >= 4 is 26.2 Å². The molecule has 0 aliphatic carbocycles. The molecule has 0 saturated carbocycles. The van der Waals surface area contributed by atoms with Gasteiger partial charge in [-0.2, -0.15) is 0 Å². The fraction of sp³-hybridized carbons (Fsp3) is 0.737. The van der Waals surface area contributed by atoms with Crippen LogP contribution in [0, 0.1) is 0 Å². The lowest BCUT2D eigenvalue weighted by atomic mass is 10.4. The van der Waals surface area contributed by atoms with Gasteiger partial charge in [-0.25, -0.2) is 9.59 Å². The molecule has 0 spiro atoms. The second kappa shape index (κ2) is 14.5. The summed E-state index contributed by atoms with van der Waals surface area (Å²) in [6, 6.07) is 2.93. The SMILES string of the molecule is CCCOC(=O)/C=C\C(=O)OCCC(=O)O[Si](CCC)(CCC)CCC. The Morgan fingerprint density at radius 2 is 1.19 bits per heavy atom. The molecule has 0 aromatic rings. The number of ether oxygens (including phenoxy) is 2. The molecule has 0 aromatic carbocycles. The minimum Gasteiger partial charge on any atom is -0.519 e. The van der Waals surface area contributed by atoms with E-state index in [9.17, 15) is 14.4 Å². The van der Waals surface area contributed by atoms with Crippen molar-refractivity contribution in [2.75, 3.05) is 13.2 Å². The summed E-state index contributed by atoms with van der Waals surface area (Å²) in [7, 11) is -2.04. The van der Waals surface area contributed by atoms with E-state index in [1.807, 2.05) is 6.92 Å². The Bertz CT molecular complexity index is 444. The van der Waals surface area contributed by atoms with Gasteiger partial charge in [0.2, 0.25) is 0 Å². The molecule has 150 valence electrons. The lowest BCUT2D eigenvalue weighted by molar-refractivity contribution is -0.143. The molecule has 0 fully saturated rings. The number of rotatable bonds is 14. The van der Waals surface area contributed by atoms with Crippen LogP contribution in [0.15, 0.2) is 12.2 Å². The molecule has 26 heavy (non-hydrogen) atoms. The number of carbonyl (C=O) groups is 3. The molecule has 0 aliphatic rings. The minimum absolute atomic E-state index is 0.0335. The molecule has 0 amide bonds. The third-order valence-electron chi connectivity index (χ3n) is 3.80. The van der Waals surface area contributed by atoms with Crippen LogP contribution in [0.5, 0.6) is 0 Å². The monoisotopic (exact) mass is 386 g/mol. The molecule has 0 heterocycles. The summed E-state index contributed by atoms with van der Waals surface area (Å²) in [6.07, 6.45) is 5.80. The average molecular weight is 387 g/mol. The molecule has 0 N–H and O–H groups in total. The zero-order chi connectivity index (χ0) is 19.8. The van der Waals surface area contributed by atoms with E-state index < -0.39 is 20.3 Å². The van der Waals surface area contributed by atoms with Crippen LogP contribution in [-0.4, -0.2) is 39.4 Å². The standard InChI is InChI=1S/C19H34O6Si/c1-5-12-23-17(20)9-10-18(21)24-13-11-19(22)25-26(14-6-2,15-7-3)16-8-4/h9-10H,5-8,11-16H2,1-4H3/b10-9-. The van der Waals surface area contributed by atoms with Crippen molar-refractivity contribution in [1.82, 2.24) is 0 Å². The maximum absolute atomic E-state index is 12.2. The van der Waals surface area contributed by atoms with E-state index in [1.165, 1.54) is 0 Å². The fourth-order valence-corrected chi connectivity index (χ4v) is 7.23. The summed E-state index contributed by atoms with van der Waals surface area (Å²) in [5.74, 6) is -1.56. The van der Waals surface area contributed by atoms with Gasteiger partial charge in [-0.15, -0.1) is 0 Å². The highest BCUT2D eigenvalue weighted by Gasteiger charge is 2.35. The molecule has 0 radical (unpaired) electrons. The van der Waals surface area contributed by atoms with E-state index >= 15 is 0 Å². The second-order valence-corrected chi connectivity index (χ2v) is 10.4. The Labute approximate surface area is 158 Å². The summed E-state index contributed by atoms with van der Waals surface area (Å²) in [4.78, 5) is 35.0. The second-order valence-electron chi connectivity index (χ2n) is 6.33. The number of esters is 2. The maximum Gasteiger partial charge on any atom is 0.331 e. The van der Waals surface area contributed by atoms with Crippen molar-refractivity contribution < 1.29 is 28.3 Å². The first-order valence-electron chi connectivity index (χ1n) is 9.66. The third kappa shape index (κ3) is 11.1. The summed E-state index contributed by atoms with van der Waals surface area (Å²) < 4.78 is 15.6. The molecule has 0 bridgehead atoms. The van der Waals surface area contributed by atoms with Crippen molar-refractivity contribution in [1.29, 1.82) is 0 Å². The lowest BCUT2D eigenvalue weighted by Crippen LogP contribution is -2.40. The highest BCUT2D eigenvalue weighted by Crippen LogP contribution is 2.27. The molecule has 7 heteroatoms. The Kier molecular flexibility index (Phi) is 13.6. The van der Waals surface area contributed by atoms with Gasteiger partial charge in [0, 0.05) is 12.2 Å². The zero-order valence-corrected chi connectivity index (χ0v) is 17.7. The largest absolute Gasteiger partial charge is 0.519 e. The van der Waals surface area contributed by atoms with Gasteiger partial charge in [-0.05, 0) is 24.6 Å². The Hall–Kier alpha value is -1.63. The molecule has 0 aliphatic heterocycles. The van der Waals surface area contributed by atoms with Gasteiger partial charge in [0.1, 0.15) is 6.61 Å². The number of carbonyl (C=O) groups excluding carboxylic acids is 3. The summed E-state index contributed by atoms with van der Waals surface area (Å²) in [5.41, 5.74) is 0. The molecule has 6 nitrogen and oxygen atoms in total. The predicted molar refractivity (Wildman–Crippen MR) is 103 cm³/mol. The normalized spacial score (nSPS) is 11.4. The Morgan fingerprint density at radius 1 is 0.731 bits per heavy atom. The van der Waals surface area contributed by atoms with Crippen LogP contribution >= 0.6 is 0 Å². The van der Waals surface area contributed by atoms with E-state index in [1.54, 1.807) is 0 Å². The van der Waals surface area contributed by atoms with E-state index in [4.69, 9.17) is 13.9 Å². The van der Waals surface area contributed by atoms with Crippen molar-refractivity contribution in [2.45, 2.75) is 77.9 Å². The molecular formula is C19H34O6Si. The van der Waals surface area contributed by atoms with Gasteiger partial charge < -0.3 is 13.9 Å². The van der Waals surface area contributed by atoms with Gasteiger partial charge in [-0.3, -0.25) is 4.79 Å². The van der Waals surface area contributed by atoms with Crippen LogP contribution in [0.25, 0.3) is 0 Å². The van der Waals surface area contributed by atoms with Gasteiger partial charge in [0.15, 0.2) is 0 Å². The molecule has 0 atom stereocenters. The topological polar surface area (TPSA) is 78.9 Å². The van der Waals surface area contributed by atoms with Crippen molar-refractivity contribution in [2.24, 2.45) is 0 Å². The highest BCUT2D eigenvalue weighted by atomic mass is 28.4. The minimum atomic E-state index is -2.04. The van der Waals surface area contributed by atoms with E-state index in [-0.39, 0.29) is 19.0 Å². The molecule has 0 rings (SSSR count). The lowest BCUT2D eigenvalue weighted by Gasteiger charge is -2.30. The van der Waals surface area contributed by atoms with Gasteiger partial charge in [0.25, 0.3) is 14.3 Å². The van der Waals surface area contributed by atoms with Gasteiger partial charge >= 0.3 is 11.9 Å². The quantitative estimate of drug-likeness (QED) is 0.253. The summed E-state index contributed by atoms with van der Waals surface area (Å²) in [5, 5.41) is 0. The van der Waals surface area contributed by atoms with Crippen LogP contribution in [0.1, 0.15) is 59.8 Å². The predicted octanol–water partition coefficient (Wildman–Crippen LogP) is 4.15. The first kappa shape index (κ1) is 24.4. The highest BCUT2D eigenvalue weighted by molar-refractivity contribution is 6.75. The van der Waals surface area contributed by atoms with Crippen LogP contribution < -0.4 is 0 Å². The fourth-order valence-electron chi connectivity index (χ4n) is 2.86. The number of hydrogen-bond donors (Lipinski definition) is 0. The number of hydrogen-bond acceptors (Lipinski definition) is 6. The van der Waals surface area contributed by atoms with Crippen molar-refractivity contribution in [3.05, 3.63) is 12.2 Å². The van der Waals surface area contributed by atoms with Crippen LogP contribution in [0.2, 0.25) is 18.1 Å². The molecular weight excluding hydrogens is 352 g/mol. The Morgan fingerprint density at radius 3 is 1.62 bits per heavy atom. The van der Waals surface area contributed by atoms with Crippen LogP contribution in [-0.2, 0) is 28.3 Å². The Balaban J connectivity index is 4.35. The first-order valence-corrected chi connectivity index (χ1v) is 12.2. The molecule has 0 saturated heterocycles. The van der Waals surface area contributed by atoms with Crippen molar-refractivity contribution in [3.8, 4) is 0 Å². The van der Waals surface area contributed by atoms with Crippen LogP contribution in [0.3, 0.4) is 0 Å².